The van der Waals surface area contributed by atoms with E-state index in [0.717, 1.165) is 60.7 Å². The zero-order valence-corrected chi connectivity index (χ0v) is 23.7. The lowest BCUT2D eigenvalue weighted by Crippen LogP contribution is -2.56. The second kappa shape index (κ2) is 11.7. The van der Waals surface area contributed by atoms with E-state index in [4.69, 9.17) is 0 Å². The van der Waals surface area contributed by atoms with Gasteiger partial charge in [-0.05, 0) is 98.9 Å². The van der Waals surface area contributed by atoms with Gasteiger partial charge in [0, 0.05) is 50.7 Å². The summed E-state index contributed by atoms with van der Waals surface area (Å²) in [5.41, 5.74) is 6.77. The fraction of sp³-hybridized carbons (Fsp3) is 0.469. The third-order valence-corrected chi connectivity index (χ3v) is 8.60. The van der Waals surface area contributed by atoms with E-state index < -0.39 is 0 Å². The number of benzene rings is 1. The summed E-state index contributed by atoms with van der Waals surface area (Å²) in [5.74, 6) is 2.58. The molecule has 2 fully saturated rings. The van der Waals surface area contributed by atoms with Crippen LogP contribution < -0.4 is 9.80 Å². The van der Waals surface area contributed by atoms with E-state index in [2.05, 4.69) is 65.7 Å². The van der Waals surface area contributed by atoms with Gasteiger partial charge in [0.25, 0.3) is 5.91 Å². The van der Waals surface area contributed by atoms with E-state index in [0.29, 0.717) is 25.6 Å². The number of carbonyl (C=O) groups is 1. The predicted octanol–water partition coefficient (Wildman–Crippen LogP) is 4.49. The Morgan fingerprint density at radius 1 is 0.949 bits per heavy atom. The van der Waals surface area contributed by atoms with Gasteiger partial charge in [0.05, 0.1) is 12.6 Å². The van der Waals surface area contributed by atoms with Gasteiger partial charge in [-0.15, -0.1) is 0 Å². The number of aliphatic hydroxyl groups excluding tert-OH is 1. The number of rotatable bonds is 6. The first kappa shape index (κ1) is 27.1. The van der Waals surface area contributed by atoms with E-state index in [1.54, 1.807) is 6.20 Å². The van der Waals surface area contributed by atoms with Crippen LogP contribution in [-0.2, 0) is 6.42 Å². The number of anilines is 2. The highest BCUT2D eigenvalue weighted by Crippen LogP contribution is 2.31. The molecule has 206 valence electrons. The molecular weight excluding hydrogens is 486 g/mol. The maximum atomic E-state index is 13.9. The third-order valence-electron chi connectivity index (χ3n) is 8.60. The molecule has 1 aromatic carbocycles. The van der Waals surface area contributed by atoms with Crippen molar-refractivity contribution in [2.75, 3.05) is 49.1 Å². The average Bonchev–Trinajstić information content (AvgIpc) is 2.96. The van der Waals surface area contributed by atoms with Crippen LogP contribution in [-0.4, -0.2) is 71.3 Å². The van der Waals surface area contributed by atoms with Crippen LogP contribution in [0.25, 0.3) is 0 Å². The van der Waals surface area contributed by atoms with E-state index in [1.807, 2.05) is 29.3 Å². The number of piperazine rings is 1. The number of pyridine rings is 2. The van der Waals surface area contributed by atoms with Crippen LogP contribution in [0.4, 0.5) is 11.6 Å². The molecule has 7 heteroatoms. The third kappa shape index (κ3) is 5.78. The number of nitrogens with zero attached hydrogens (tertiary/aromatic N) is 5. The van der Waals surface area contributed by atoms with Crippen LogP contribution >= 0.6 is 0 Å². The molecule has 0 unspecified atom stereocenters. The first-order valence-electron chi connectivity index (χ1n) is 14.2. The van der Waals surface area contributed by atoms with Crippen LogP contribution in [0.5, 0.6) is 0 Å². The molecule has 39 heavy (non-hydrogen) atoms. The molecule has 4 heterocycles. The van der Waals surface area contributed by atoms with Crippen LogP contribution in [0.1, 0.15) is 51.0 Å². The fourth-order valence-electron chi connectivity index (χ4n) is 6.35. The molecule has 5 rings (SSSR count). The van der Waals surface area contributed by atoms with Crippen molar-refractivity contribution in [3.63, 3.8) is 0 Å². The molecule has 1 atom stereocenters. The Bertz CT molecular complexity index is 1290. The molecule has 0 bridgehead atoms. The van der Waals surface area contributed by atoms with Gasteiger partial charge in [-0.2, -0.15) is 0 Å². The van der Waals surface area contributed by atoms with E-state index in [1.165, 1.54) is 16.7 Å². The molecule has 3 aromatic rings. The molecule has 2 aliphatic heterocycles. The largest absolute Gasteiger partial charge is 0.394 e. The Labute approximate surface area is 232 Å². The zero-order chi connectivity index (χ0) is 27.5. The van der Waals surface area contributed by atoms with Gasteiger partial charge >= 0.3 is 0 Å². The molecule has 0 aliphatic carbocycles. The Morgan fingerprint density at radius 3 is 2.41 bits per heavy atom. The topological polar surface area (TPSA) is 72.8 Å². The summed E-state index contributed by atoms with van der Waals surface area (Å²) in [6.07, 6.45) is 6.96. The van der Waals surface area contributed by atoms with Crippen LogP contribution in [0, 0.1) is 33.6 Å². The van der Waals surface area contributed by atoms with Gasteiger partial charge in [0.1, 0.15) is 11.6 Å². The van der Waals surface area contributed by atoms with Crippen molar-refractivity contribution in [2.45, 2.75) is 53.0 Å². The highest BCUT2D eigenvalue weighted by molar-refractivity contribution is 5.97. The summed E-state index contributed by atoms with van der Waals surface area (Å²) in [7, 11) is 0. The first-order chi connectivity index (χ1) is 18.9. The SMILES string of the molecule is Cc1ccc(N2CCC(Cc3c(C)cc(C)c(C(=O)N4CCN(c5ccccn5)[C@H](CO)C4)c3C)CC2)nc1. The minimum absolute atomic E-state index is 0.0196. The molecule has 0 saturated carbocycles. The van der Waals surface area contributed by atoms with E-state index in [9.17, 15) is 9.90 Å². The smallest absolute Gasteiger partial charge is 0.254 e. The molecule has 7 nitrogen and oxygen atoms in total. The molecule has 2 saturated heterocycles. The molecular formula is C32H41N5O2. The Kier molecular flexibility index (Phi) is 8.17. The van der Waals surface area contributed by atoms with Crippen molar-refractivity contribution in [3.8, 4) is 0 Å². The second-order valence-corrected chi connectivity index (χ2v) is 11.3. The van der Waals surface area contributed by atoms with Crippen LogP contribution in [0.2, 0.25) is 0 Å². The second-order valence-electron chi connectivity index (χ2n) is 11.3. The van der Waals surface area contributed by atoms with Gasteiger partial charge in [-0.1, -0.05) is 18.2 Å². The number of amides is 1. The Hall–Kier alpha value is -3.45. The van der Waals surface area contributed by atoms with Crippen molar-refractivity contribution < 1.29 is 9.90 Å². The molecule has 1 amide bonds. The van der Waals surface area contributed by atoms with Crippen molar-refractivity contribution >= 4 is 17.5 Å². The Morgan fingerprint density at radius 2 is 1.74 bits per heavy atom. The predicted molar refractivity (Wildman–Crippen MR) is 157 cm³/mol. The number of aromatic nitrogens is 2. The minimum Gasteiger partial charge on any atom is -0.394 e. The van der Waals surface area contributed by atoms with Crippen molar-refractivity contribution in [2.24, 2.45) is 5.92 Å². The van der Waals surface area contributed by atoms with Crippen LogP contribution in [0.15, 0.2) is 48.8 Å². The number of hydrogen-bond donors (Lipinski definition) is 1. The number of aliphatic hydroxyl groups is 1. The van der Waals surface area contributed by atoms with Crippen molar-refractivity contribution in [3.05, 3.63) is 82.2 Å². The number of piperidine rings is 1. The van der Waals surface area contributed by atoms with Gasteiger partial charge in [0.2, 0.25) is 0 Å². The number of aryl methyl sites for hydroxylation is 3. The maximum Gasteiger partial charge on any atom is 0.254 e. The lowest BCUT2D eigenvalue weighted by molar-refractivity contribution is 0.0697. The fourth-order valence-corrected chi connectivity index (χ4v) is 6.35. The summed E-state index contributed by atoms with van der Waals surface area (Å²) in [6, 6.07) is 12.1. The summed E-state index contributed by atoms with van der Waals surface area (Å²) in [4.78, 5) is 29.4. The average molecular weight is 528 g/mol. The monoisotopic (exact) mass is 527 g/mol. The van der Waals surface area contributed by atoms with Gasteiger partial charge < -0.3 is 19.8 Å². The lowest BCUT2D eigenvalue weighted by Gasteiger charge is -2.41. The molecule has 0 spiro atoms. The summed E-state index contributed by atoms with van der Waals surface area (Å²) < 4.78 is 0. The van der Waals surface area contributed by atoms with Gasteiger partial charge in [-0.25, -0.2) is 9.97 Å². The summed E-state index contributed by atoms with van der Waals surface area (Å²) in [6.45, 7) is 12.2. The standard InChI is InChI=1S/C32H41N5O2/c1-22-8-9-29(34-19-22)35-13-10-26(11-14-35)18-28-23(2)17-24(3)31(25(28)4)32(39)36-15-16-37(27(20-36)21-38)30-7-5-6-12-33-30/h5-9,12,17,19,26-27,38H,10-11,13-16,18,20-21H2,1-4H3/t27-/m0/s1. The van der Waals surface area contributed by atoms with Crippen molar-refractivity contribution in [1.82, 2.24) is 14.9 Å². The molecule has 2 aliphatic rings. The van der Waals surface area contributed by atoms with Gasteiger partial charge in [-0.3, -0.25) is 4.79 Å². The summed E-state index contributed by atoms with van der Waals surface area (Å²) >= 11 is 0. The van der Waals surface area contributed by atoms with Crippen LogP contribution in [0.3, 0.4) is 0 Å². The zero-order valence-electron chi connectivity index (χ0n) is 23.7. The quantitative estimate of drug-likeness (QED) is 0.509. The molecule has 0 radical (unpaired) electrons. The minimum atomic E-state index is -0.170. The molecule has 1 N–H and O–H groups in total. The van der Waals surface area contributed by atoms with Crippen molar-refractivity contribution in [1.29, 1.82) is 0 Å². The normalized spacial score (nSPS) is 18.5. The summed E-state index contributed by atoms with van der Waals surface area (Å²) in [5, 5.41) is 10.2. The Balaban J connectivity index is 1.29. The highest BCUT2D eigenvalue weighted by Gasteiger charge is 2.32. The number of hydrogen-bond acceptors (Lipinski definition) is 6. The lowest BCUT2D eigenvalue weighted by atomic mass is 9.84. The van der Waals surface area contributed by atoms with E-state index in [-0.39, 0.29) is 18.6 Å². The first-order valence-corrected chi connectivity index (χ1v) is 14.2. The number of carbonyl (C=O) groups excluding carboxylic acids is 1. The molecule has 2 aromatic heterocycles. The maximum absolute atomic E-state index is 13.9. The van der Waals surface area contributed by atoms with E-state index >= 15 is 0 Å². The highest BCUT2D eigenvalue weighted by atomic mass is 16.3. The van der Waals surface area contributed by atoms with Gasteiger partial charge in [0.15, 0.2) is 0 Å².